The number of amides is 1. The summed E-state index contributed by atoms with van der Waals surface area (Å²) in [6.45, 7) is 2.20. The highest BCUT2D eigenvalue weighted by Gasteiger charge is 2.24. The first kappa shape index (κ1) is 14.1. The van der Waals surface area contributed by atoms with Crippen molar-refractivity contribution in [3.8, 4) is 0 Å². The van der Waals surface area contributed by atoms with Crippen LogP contribution in [0.2, 0.25) is 0 Å². The number of nitrogens with one attached hydrogen (secondary N) is 1. The number of nitrogens with two attached hydrogens (primary N) is 2. The third kappa shape index (κ3) is 3.56. The van der Waals surface area contributed by atoms with Gasteiger partial charge >= 0.3 is 0 Å². The number of carbonyl (C=O) groups is 1. The molecule has 0 bridgehead atoms. The van der Waals surface area contributed by atoms with Gasteiger partial charge in [-0.2, -0.15) is 11.8 Å². The molecule has 19 heavy (non-hydrogen) atoms. The molecule has 0 aromatic heterocycles. The van der Waals surface area contributed by atoms with Crippen molar-refractivity contribution in [2.24, 2.45) is 5.73 Å². The minimum atomic E-state index is -0.446. The third-order valence-electron chi connectivity index (χ3n) is 3.48. The van der Waals surface area contributed by atoms with Crippen LogP contribution in [0.15, 0.2) is 18.2 Å². The van der Waals surface area contributed by atoms with Crippen molar-refractivity contribution in [1.29, 1.82) is 0 Å². The zero-order chi connectivity index (χ0) is 13.8. The zero-order valence-electron chi connectivity index (χ0n) is 11.2. The van der Waals surface area contributed by atoms with E-state index in [4.69, 9.17) is 11.5 Å². The summed E-state index contributed by atoms with van der Waals surface area (Å²) in [5.41, 5.74) is 13.1. The standard InChI is InChI=1S/C14H21N3OS/c1-2-19-11-5-4-10(8-11)17-13-6-3-9(14(16)18)7-12(13)15/h3,6-7,10-11,17H,2,4-5,8,15H2,1H3,(H2,16,18). The van der Waals surface area contributed by atoms with E-state index in [2.05, 4.69) is 12.2 Å². The lowest BCUT2D eigenvalue weighted by Gasteiger charge is -2.16. The van der Waals surface area contributed by atoms with Crippen LogP contribution in [0.3, 0.4) is 0 Å². The monoisotopic (exact) mass is 279 g/mol. The number of benzene rings is 1. The Morgan fingerprint density at radius 1 is 1.47 bits per heavy atom. The number of rotatable bonds is 5. The predicted octanol–water partition coefficient (Wildman–Crippen LogP) is 2.45. The summed E-state index contributed by atoms with van der Waals surface area (Å²) in [6.07, 6.45) is 3.61. The van der Waals surface area contributed by atoms with Crippen LogP contribution in [0.25, 0.3) is 0 Å². The van der Waals surface area contributed by atoms with E-state index in [0.717, 1.165) is 10.9 Å². The first-order valence-corrected chi connectivity index (χ1v) is 7.72. The van der Waals surface area contributed by atoms with Gasteiger partial charge in [0.2, 0.25) is 5.91 Å². The smallest absolute Gasteiger partial charge is 0.248 e. The zero-order valence-corrected chi connectivity index (χ0v) is 12.0. The van der Waals surface area contributed by atoms with Gasteiger partial charge in [-0.25, -0.2) is 0 Å². The Hall–Kier alpha value is -1.36. The molecule has 1 saturated carbocycles. The van der Waals surface area contributed by atoms with E-state index in [-0.39, 0.29) is 0 Å². The van der Waals surface area contributed by atoms with Crippen molar-refractivity contribution in [1.82, 2.24) is 0 Å². The molecule has 5 heteroatoms. The Balaban J connectivity index is 1.98. The Kier molecular flexibility index (Phi) is 4.58. The SMILES string of the molecule is CCSC1CCC(Nc2ccc(C(N)=O)cc2N)C1. The van der Waals surface area contributed by atoms with E-state index in [1.54, 1.807) is 12.1 Å². The maximum absolute atomic E-state index is 11.1. The van der Waals surface area contributed by atoms with E-state index in [0.29, 0.717) is 17.3 Å². The molecule has 0 spiro atoms. The lowest BCUT2D eigenvalue weighted by atomic mass is 10.1. The fourth-order valence-corrected chi connectivity index (χ4v) is 3.67. The van der Waals surface area contributed by atoms with Crippen LogP contribution in [0.1, 0.15) is 36.5 Å². The van der Waals surface area contributed by atoms with Gasteiger partial charge in [-0.05, 0) is 43.2 Å². The van der Waals surface area contributed by atoms with Crippen molar-refractivity contribution in [3.63, 3.8) is 0 Å². The lowest BCUT2D eigenvalue weighted by Crippen LogP contribution is -2.18. The lowest BCUT2D eigenvalue weighted by molar-refractivity contribution is 0.100. The van der Waals surface area contributed by atoms with Gasteiger partial charge in [0.25, 0.3) is 0 Å². The molecule has 1 aliphatic carbocycles. The summed E-state index contributed by atoms with van der Waals surface area (Å²) in [7, 11) is 0. The van der Waals surface area contributed by atoms with Crippen LogP contribution < -0.4 is 16.8 Å². The molecule has 2 unspecified atom stereocenters. The first-order chi connectivity index (χ1) is 9.10. The maximum Gasteiger partial charge on any atom is 0.248 e. The normalized spacial score (nSPS) is 22.4. The highest BCUT2D eigenvalue weighted by molar-refractivity contribution is 7.99. The Morgan fingerprint density at radius 2 is 2.26 bits per heavy atom. The Labute approximate surface area is 118 Å². The van der Waals surface area contributed by atoms with E-state index >= 15 is 0 Å². The van der Waals surface area contributed by atoms with Gasteiger partial charge in [0, 0.05) is 16.9 Å². The number of primary amides is 1. The average molecular weight is 279 g/mol. The number of nitrogen functional groups attached to an aromatic ring is 1. The van der Waals surface area contributed by atoms with E-state index in [1.807, 2.05) is 17.8 Å². The molecule has 1 fully saturated rings. The fraction of sp³-hybridized carbons (Fsp3) is 0.500. The van der Waals surface area contributed by atoms with Crippen LogP contribution in [-0.2, 0) is 0 Å². The molecule has 2 atom stereocenters. The number of hydrogen-bond acceptors (Lipinski definition) is 4. The molecule has 0 aliphatic heterocycles. The van der Waals surface area contributed by atoms with Crippen molar-refractivity contribution in [2.75, 3.05) is 16.8 Å². The summed E-state index contributed by atoms with van der Waals surface area (Å²) in [5, 5.41) is 4.23. The highest BCUT2D eigenvalue weighted by atomic mass is 32.2. The van der Waals surface area contributed by atoms with Gasteiger partial charge in [-0.15, -0.1) is 0 Å². The van der Waals surface area contributed by atoms with Gasteiger partial charge in [-0.1, -0.05) is 6.92 Å². The second-order valence-electron chi connectivity index (χ2n) is 4.90. The second kappa shape index (κ2) is 6.19. The van der Waals surface area contributed by atoms with Crippen LogP contribution in [0.4, 0.5) is 11.4 Å². The fourth-order valence-electron chi connectivity index (χ4n) is 2.53. The minimum absolute atomic E-state index is 0.446. The molecule has 5 N–H and O–H groups in total. The van der Waals surface area contributed by atoms with Crippen LogP contribution in [0, 0.1) is 0 Å². The van der Waals surface area contributed by atoms with Crippen LogP contribution in [-0.4, -0.2) is 23.0 Å². The predicted molar refractivity (Wildman–Crippen MR) is 82.6 cm³/mol. The summed E-state index contributed by atoms with van der Waals surface area (Å²) in [4.78, 5) is 11.1. The van der Waals surface area contributed by atoms with Gasteiger partial charge in [-0.3, -0.25) is 4.79 Å². The number of thioether (sulfide) groups is 1. The molecule has 1 aliphatic rings. The molecular weight excluding hydrogens is 258 g/mol. The third-order valence-corrected chi connectivity index (χ3v) is 4.72. The molecule has 1 aromatic rings. The Morgan fingerprint density at radius 3 is 2.89 bits per heavy atom. The number of carbonyl (C=O) groups excluding carboxylic acids is 1. The maximum atomic E-state index is 11.1. The van der Waals surface area contributed by atoms with Gasteiger partial charge in [0.1, 0.15) is 0 Å². The second-order valence-corrected chi connectivity index (χ2v) is 6.48. The number of anilines is 2. The summed E-state index contributed by atoms with van der Waals surface area (Å²) in [6, 6.07) is 5.67. The molecule has 1 aromatic carbocycles. The Bertz CT molecular complexity index is 464. The summed E-state index contributed by atoms with van der Waals surface area (Å²) in [5.74, 6) is 0.728. The first-order valence-electron chi connectivity index (χ1n) is 6.67. The van der Waals surface area contributed by atoms with Crippen LogP contribution >= 0.6 is 11.8 Å². The van der Waals surface area contributed by atoms with Crippen LogP contribution in [0.5, 0.6) is 0 Å². The van der Waals surface area contributed by atoms with Crippen molar-refractivity contribution in [3.05, 3.63) is 23.8 Å². The molecule has 2 rings (SSSR count). The molecule has 0 saturated heterocycles. The van der Waals surface area contributed by atoms with Crippen molar-refractivity contribution >= 4 is 29.0 Å². The summed E-state index contributed by atoms with van der Waals surface area (Å²) >= 11 is 2.03. The average Bonchev–Trinajstić information content (AvgIpc) is 2.79. The van der Waals surface area contributed by atoms with Crippen molar-refractivity contribution in [2.45, 2.75) is 37.5 Å². The number of hydrogen-bond donors (Lipinski definition) is 3. The van der Waals surface area contributed by atoms with Crippen molar-refractivity contribution < 1.29 is 4.79 Å². The van der Waals surface area contributed by atoms with E-state index in [1.165, 1.54) is 25.0 Å². The topological polar surface area (TPSA) is 81.1 Å². The molecule has 0 radical (unpaired) electrons. The minimum Gasteiger partial charge on any atom is -0.397 e. The molecule has 0 heterocycles. The van der Waals surface area contributed by atoms with Gasteiger partial charge in [0.15, 0.2) is 0 Å². The van der Waals surface area contributed by atoms with Gasteiger partial charge < -0.3 is 16.8 Å². The molecule has 104 valence electrons. The highest BCUT2D eigenvalue weighted by Crippen LogP contribution is 2.32. The summed E-state index contributed by atoms with van der Waals surface area (Å²) < 4.78 is 0. The molecular formula is C14H21N3OS. The van der Waals surface area contributed by atoms with Gasteiger partial charge in [0.05, 0.1) is 11.4 Å². The quantitative estimate of drug-likeness (QED) is 0.723. The largest absolute Gasteiger partial charge is 0.397 e. The molecule has 1 amide bonds. The van der Waals surface area contributed by atoms with E-state index in [9.17, 15) is 4.79 Å². The van der Waals surface area contributed by atoms with E-state index < -0.39 is 5.91 Å². The molecule has 4 nitrogen and oxygen atoms in total.